The summed E-state index contributed by atoms with van der Waals surface area (Å²) in [6.45, 7) is 14.9. The van der Waals surface area contributed by atoms with Gasteiger partial charge in [0.2, 0.25) is 0 Å². The van der Waals surface area contributed by atoms with Gasteiger partial charge in [-0.05, 0) is 94.9 Å². The van der Waals surface area contributed by atoms with E-state index in [4.69, 9.17) is 0 Å². The summed E-state index contributed by atoms with van der Waals surface area (Å²) in [7, 11) is 0. The Hall–Kier alpha value is -6.42. The number of anilines is 3. The molecule has 0 bridgehead atoms. The zero-order valence-electron chi connectivity index (χ0n) is 33.3. The van der Waals surface area contributed by atoms with Crippen LogP contribution >= 0.6 is 11.3 Å². The van der Waals surface area contributed by atoms with Crippen molar-refractivity contribution in [3.05, 3.63) is 199 Å². The Labute approximate surface area is 340 Å². The van der Waals surface area contributed by atoms with Crippen molar-refractivity contribution in [3.63, 3.8) is 0 Å². The number of fused-ring (bicyclic) bond motifs is 7. The summed E-state index contributed by atoms with van der Waals surface area (Å²) in [5.74, 6) is 0. The maximum absolute atomic E-state index is 4.04. The van der Waals surface area contributed by atoms with Gasteiger partial charge < -0.3 is 9.47 Å². The SMILES string of the molecule is C=C/C=C1\C(=C/C)C(C)(C)c2cc(N(c3ccc(-c4ccccc4)cc3)c3ccc4c(c3)sc3c(-n5c6ccccc6c6ccccc65)cccc34)ccc21.CC. The third-order valence-corrected chi connectivity index (χ3v) is 12.7. The third-order valence-electron chi connectivity index (χ3n) is 11.5. The monoisotopic (exact) mass is 754 g/mol. The quantitative estimate of drug-likeness (QED) is 0.164. The van der Waals surface area contributed by atoms with E-state index in [0.717, 1.165) is 17.1 Å². The molecule has 1 aliphatic carbocycles. The van der Waals surface area contributed by atoms with E-state index in [1.54, 1.807) is 0 Å². The average molecular weight is 755 g/mol. The van der Waals surface area contributed by atoms with Gasteiger partial charge in [0, 0.05) is 48.7 Å². The van der Waals surface area contributed by atoms with Gasteiger partial charge in [-0.25, -0.2) is 0 Å². The highest BCUT2D eigenvalue weighted by Crippen LogP contribution is 2.52. The zero-order valence-corrected chi connectivity index (χ0v) is 34.1. The average Bonchev–Trinajstić information content (AvgIpc) is 3.87. The number of rotatable bonds is 6. The van der Waals surface area contributed by atoms with Crippen LogP contribution in [0.5, 0.6) is 0 Å². The zero-order chi connectivity index (χ0) is 39.3. The molecule has 7 aromatic carbocycles. The van der Waals surface area contributed by atoms with Gasteiger partial charge in [0.25, 0.3) is 0 Å². The molecule has 0 saturated carbocycles. The van der Waals surface area contributed by atoms with Gasteiger partial charge in [0.1, 0.15) is 0 Å². The maximum atomic E-state index is 4.04. The van der Waals surface area contributed by atoms with E-state index >= 15 is 0 Å². The van der Waals surface area contributed by atoms with E-state index < -0.39 is 0 Å². The lowest BCUT2D eigenvalue weighted by Crippen LogP contribution is -2.16. The highest BCUT2D eigenvalue weighted by Gasteiger charge is 2.38. The van der Waals surface area contributed by atoms with E-state index in [1.165, 1.54) is 81.1 Å². The molecule has 9 aromatic rings. The molecule has 0 amide bonds. The van der Waals surface area contributed by atoms with Gasteiger partial charge in [-0.2, -0.15) is 0 Å². The van der Waals surface area contributed by atoms with E-state index in [-0.39, 0.29) is 5.41 Å². The van der Waals surface area contributed by atoms with Gasteiger partial charge in [-0.15, -0.1) is 11.3 Å². The van der Waals surface area contributed by atoms with Crippen LogP contribution in [0.4, 0.5) is 17.1 Å². The van der Waals surface area contributed by atoms with Crippen molar-refractivity contribution in [2.45, 2.75) is 40.0 Å². The first-order valence-corrected chi connectivity index (χ1v) is 20.8. The topological polar surface area (TPSA) is 8.17 Å². The van der Waals surface area contributed by atoms with E-state index in [0.29, 0.717) is 0 Å². The lowest BCUT2D eigenvalue weighted by molar-refractivity contribution is 0.659. The third kappa shape index (κ3) is 5.84. The summed E-state index contributed by atoms with van der Waals surface area (Å²) in [6, 6.07) is 57.9. The second-order valence-corrected chi connectivity index (χ2v) is 16.0. The van der Waals surface area contributed by atoms with Crippen LogP contribution < -0.4 is 4.90 Å². The van der Waals surface area contributed by atoms with Crippen LogP contribution in [-0.4, -0.2) is 4.57 Å². The summed E-state index contributed by atoms with van der Waals surface area (Å²) >= 11 is 1.88. The Balaban J connectivity index is 0.00000208. The van der Waals surface area contributed by atoms with Crippen molar-refractivity contribution in [1.82, 2.24) is 4.57 Å². The first-order chi connectivity index (χ1) is 28.0. The van der Waals surface area contributed by atoms with Crippen LogP contribution in [0.1, 0.15) is 45.7 Å². The Bertz CT molecular complexity index is 2970. The van der Waals surface area contributed by atoms with Crippen molar-refractivity contribution < 1.29 is 0 Å². The number of para-hydroxylation sites is 2. The van der Waals surface area contributed by atoms with E-state index in [9.17, 15) is 0 Å². The van der Waals surface area contributed by atoms with Gasteiger partial charge in [0.05, 0.1) is 21.4 Å². The van der Waals surface area contributed by atoms with Crippen LogP contribution in [0.25, 0.3) is 64.4 Å². The summed E-state index contributed by atoms with van der Waals surface area (Å²) < 4.78 is 5.00. The van der Waals surface area contributed by atoms with Crippen molar-refractivity contribution >= 4 is 76.0 Å². The first kappa shape index (κ1) is 36.2. The molecule has 0 N–H and O–H groups in total. The molecule has 0 unspecified atom stereocenters. The van der Waals surface area contributed by atoms with E-state index in [1.807, 2.05) is 31.3 Å². The minimum atomic E-state index is -0.142. The van der Waals surface area contributed by atoms with Crippen LogP contribution in [0.15, 0.2) is 188 Å². The molecular formula is C54H46N2S. The summed E-state index contributed by atoms with van der Waals surface area (Å²) in [5.41, 5.74) is 14.5. The minimum Gasteiger partial charge on any atom is -0.310 e. The van der Waals surface area contributed by atoms with Gasteiger partial charge in [-0.3, -0.25) is 0 Å². The molecule has 2 aromatic heterocycles. The molecule has 0 fully saturated rings. The highest BCUT2D eigenvalue weighted by atomic mass is 32.1. The predicted molar refractivity (Wildman–Crippen MR) is 250 cm³/mol. The Kier molecular flexibility index (Phi) is 9.27. The molecule has 1 aliphatic rings. The number of thiophene rings is 1. The molecular weight excluding hydrogens is 709 g/mol. The van der Waals surface area contributed by atoms with Crippen molar-refractivity contribution in [2.75, 3.05) is 4.90 Å². The van der Waals surface area contributed by atoms with Crippen molar-refractivity contribution in [3.8, 4) is 16.8 Å². The molecule has 10 rings (SSSR count). The van der Waals surface area contributed by atoms with Crippen LogP contribution in [0, 0.1) is 0 Å². The Morgan fingerprint density at radius 3 is 1.88 bits per heavy atom. The minimum absolute atomic E-state index is 0.142. The summed E-state index contributed by atoms with van der Waals surface area (Å²) in [4.78, 5) is 2.42. The van der Waals surface area contributed by atoms with Crippen molar-refractivity contribution in [1.29, 1.82) is 0 Å². The molecule has 0 atom stereocenters. The normalized spacial score (nSPS) is 14.7. The van der Waals surface area contributed by atoms with Crippen LogP contribution in [0.2, 0.25) is 0 Å². The Morgan fingerprint density at radius 1 is 0.596 bits per heavy atom. The number of hydrogen-bond acceptors (Lipinski definition) is 2. The molecule has 2 heterocycles. The molecule has 278 valence electrons. The molecule has 0 saturated heterocycles. The van der Waals surface area contributed by atoms with Crippen LogP contribution in [-0.2, 0) is 5.41 Å². The van der Waals surface area contributed by atoms with Gasteiger partial charge in [0.15, 0.2) is 0 Å². The second kappa shape index (κ2) is 14.6. The fraction of sp³-hybridized carbons (Fsp3) is 0.111. The largest absolute Gasteiger partial charge is 0.310 e. The molecule has 2 nitrogen and oxygen atoms in total. The van der Waals surface area contributed by atoms with Gasteiger partial charge >= 0.3 is 0 Å². The standard InChI is InChI=1S/C52H40N2S.C2H6/c1-5-15-39-40-30-28-37(32-46(40)52(3,4)45(39)6-2)53(36-26-24-35(25-27-36)34-16-8-7-9-17-34)38-29-31-43-44-20-14-23-49(51(44)55-50(43)33-38)54-47-21-12-10-18-41(47)42-19-11-13-22-48(42)54;1-2/h5-33H,1H2,2-4H3;1-2H3/b39-15-,45-6+;. The maximum Gasteiger partial charge on any atom is 0.0640 e. The number of allylic oxidation sites excluding steroid dienone is 5. The molecule has 57 heavy (non-hydrogen) atoms. The summed E-state index contributed by atoms with van der Waals surface area (Å²) in [6.07, 6.45) is 6.33. The van der Waals surface area contributed by atoms with Crippen molar-refractivity contribution in [2.24, 2.45) is 0 Å². The van der Waals surface area contributed by atoms with Crippen LogP contribution in [0.3, 0.4) is 0 Å². The lowest BCUT2D eigenvalue weighted by atomic mass is 9.82. The number of benzene rings is 7. The summed E-state index contributed by atoms with van der Waals surface area (Å²) in [5, 5.41) is 5.11. The fourth-order valence-corrected chi connectivity index (χ4v) is 10.3. The first-order valence-electron chi connectivity index (χ1n) is 20.0. The van der Waals surface area contributed by atoms with E-state index in [2.05, 4.69) is 207 Å². The fourth-order valence-electron chi connectivity index (χ4n) is 9.01. The molecule has 3 heteroatoms. The number of hydrogen-bond donors (Lipinski definition) is 0. The molecule has 0 aliphatic heterocycles. The van der Waals surface area contributed by atoms with Gasteiger partial charge in [-0.1, -0.05) is 156 Å². The Morgan fingerprint density at radius 2 is 1.19 bits per heavy atom. The molecule has 0 spiro atoms. The lowest BCUT2D eigenvalue weighted by Gasteiger charge is -2.28. The smallest absolute Gasteiger partial charge is 0.0640 e. The second-order valence-electron chi connectivity index (χ2n) is 14.9. The highest BCUT2D eigenvalue weighted by molar-refractivity contribution is 7.26. The predicted octanol–water partition coefficient (Wildman–Crippen LogP) is 16.1. The molecule has 0 radical (unpaired) electrons. The number of nitrogens with zero attached hydrogens (tertiary/aromatic N) is 2. The number of aromatic nitrogens is 1.